The van der Waals surface area contributed by atoms with Crippen LogP contribution in [0.25, 0.3) is 0 Å². The molecule has 2 N–H and O–H groups in total. The van der Waals surface area contributed by atoms with Crippen LogP contribution in [0.1, 0.15) is 37.8 Å². The topological polar surface area (TPSA) is 44.5 Å². The van der Waals surface area contributed by atoms with E-state index in [4.69, 9.17) is 15.2 Å². The van der Waals surface area contributed by atoms with Crippen LogP contribution >= 0.6 is 0 Å². The van der Waals surface area contributed by atoms with Gasteiger partial charge in [-0.05, 0) is 38.5 Å². The molecule has 0 spiro atoms. The third-order valence-electron chi connectivity index (χ3n) is 3.33. The van der Waals surface area contributed by atoms with Gasteiger partial charge < -0.3 is 15.2 Å². The molecule has 1 rings (SSSR count). The van der Waals surface area contributed by atoms with Gasteiger partial charge in [-0.1, -0.05) is 6.92 Å². The molecule has 0 saturated carbocycles. The first-order valence-electron chi connectivity index (χ1n) is 5.82. The van der Waals surface area contributed by atoms with E-state index in [9.17, 15) is 0 Å². The minimum atomic E-state index is -0.298. The second-order valence-corrected chi connectivity index (χ2v) is 5.11. The molecule has 0 aliphatic heterocycles. The molecule has 17 heavy (non-hydrogen) atoms. The number of nitrogens with two attached hydrogens (primary N) is 1. The van der Waals surface area contributed by atoms with Crippen molar-refractivity contribution in [2.45, 2.75) is 39.2 Å². The Hall–Kier alpha value is -1.22. The van der Waals surface area contributed by atoms with Gasteiger partial charge >= 0.3 is 0 Å². The molecule has 0 bridgehead atoms. The van der Waals surface area contributed by atoms with Gasteiger partial charge in [0.25, 0.3) is 0 Å². The number of aryl methyl sites for hydroxylation is 1. The van der Waals surface area contributed by atoms with Crippen LogP contribution in [0.5, 0.6) is 11.5 Å². The summed E-state index contributed by atoms with van der Waals surface area (Å²) in [7, 11) is 3.36. The van der Waals surface area contributed by atoms with Crippen LogP contribution < -0.4 is 15.2 Å². The third-order valence-corrected chi connectivity index (χ3v) is 3.33. The van der Waals surface area contributed by atoms with Crippen molar-refractivity contribution in [2.75, 3.05) is 14.2 Å². The lowest BCUT2D eigenvalue weighted by Gasteiger charge is -2.29. The van der Waals surface area contributed by atoms with Crippen LogP contribution in [0.4, 0.5) is 0 Å². The predicted molar refractivity (Wildman–Crippen MR) is 71.0 cm³/mol. The fourth-order valence-electron chi connectivity index (χ4n) is 1.81. The first kappa shape index (κ1) is 13.8. The molecule has 1 aromatic carbocycles. The molecule has 0 saturated heterocycles. The fourth-order valence-corrected chi connectivity index (χ4v) is 1.81. The zero-order chi connectivity index (χ0) is 13.2. The summed E-state index contributed by atoms with van der Waals surface area (Å²) >= 11 is 0. The average molecular weight is 237 g/mol. The van der Waals surface area contributed by atoms with E-state index in [1.807, 2.05) is 32.9 Å². The van der Waals surface area contributed by atoms with Crippen molar-refractivity contribution < 1.29 is 9.47 Å². The van der Waals surface area contributed by atoms with E-state index in [1.165, 1.54) is 0 Å². The maximum absolute atomic E-state index is 6.17. The molecule has 0 fully saturated rings. The quantitative estimate of drug-likeness (QED) is 0.875. The highest BCUT2D eigenvalue weighted by Crippen LogP contribution is 2.37. The van der Waals surface area contributed by atoms with Crippen LogP contribution in [-0.2, 0) is 0 Å². The highest BCUT2D eigenvalue weighted by atomic mass is 16.5. The zero-order valence-corrected chi connectivity index (χ0v) is 11.6. The Kier molecular flexibility index (Phi) is 4.04. The Balaban J connectivity index is 3.30. The summed E-state index contributed by atoms with van der Waals surface area (Å²) in [5, 5.41) is 0. The third kappa shape index (κ3) is 2.91. The molecule has 1 atom stereocenters. The van der Waals surface area contributed by atoms with Crippen molar-refractivity contribution in [3.05, 3.63) is 23.3 Å². The van der Waals surface area contributed by atoms with Crippen molar-refractivity contribution in [2.24, 2.45) is 5.73 Å². The van der Waals surface area contributed by atoms with Gasteiger partial charge in [0.1, 0.15) is 11.5 Å². The molecule has 0 aromatic heterocycles. The first-order chi connectivity index (χ1) is 7.81. The van der Waals surface area contributed by atoms with Gasteiger partial charge in [0.15, 0.2) is 0 Å². The Morgan fingerprint density at radius 1 is 1.12 bits per heavy atom. The van der Waals surface area contributed by atoms with E-state index in [-0.39, 0.29) is 11.5 Å². The summed E-state index contributed by atoms with van der Waals surface area (Å²) in [5.74, 6) is 1.93. The summed E-state index contributed by atoms with van der Waals surface area (Å²) in [5.41, 5.74) is 8.02. The molecular weight excluding hydrogens is 214 g/mol. The summed E-state index contributed by atoms with van der Waals surface area (Å²) in [4.78, 5) is 0. The maximum Gasteiger partial charge on any atom is 0.122 e. The van der Waals surface area contributed by atoms with E-state index in [2.05, 4.69) is 6.92 Å². The lowest BCUT2D eigenvalue weighted by molar-refractivity contribution is 0.375. The Labute approximate surface area is 104 Å². The summed E-state index contributed by atoms with van der Waals surface area (Å²) in [6, 6.07) is 4.02. The standard InChI is InChI=1S/C14H23NO2/c1-9-7-13(17-6)11(8-12(9)16-5)10(2)14(3,4)15/h7-8,10H,15H2,1-6H3. The van der Waals surface area contributed by atoms with Gasteiger partial charge in [0, 0.05) is 17.0 Å². The SMILES string of the molecule is COc1cc(C(C)C(C)(C)N)c(OC)cc1C. The van der Waals surface area contributed by atoms with E-state index in [1.54, 1.807) is 14.2 Å². The summed E-state index contributed by atoms with van der Waals surface area (Å²) in [6.07, 6.45) is 0. The van der Waals surface area contributed by atoms with E-state index in [0.29, 0.717) is 0 Å². The number of rotatable bonds is 4. The van der Waals surface area contributed by atoms with Gasteiger partial charge in [-0.2, -0.15) is 0 Å². The smallest absolute Gasteiger partial charge is 0.122 e. The van der Waals surface area contributed by atoms with Crippen LogP contribution in [0.15, 0.2) is 12.1 Å². The number of methoxy groups -OCH3 is 2. The Bertz CT molecular complexity index is 394. The van der Waals surface area contributed by atoms with Gasteiger partial charge in [0.2, 0.25) is 0 Å². The fraction of sp³-hybridized carbons (Fsp3) is 0.571. The molecular formula is C14H23NO2. The van der Waals surface area contributed by atoms with Crippen molar-refractivity contribution in [3.63, 3.8) is 0 Å². The lowest BCUT2D eigenvalue weighted by atomic mass is 9.83. The van der Waals surface area contributed by atoms with Gasteiger partial charge in [0.05, 0.1) is 14.2 Å². The second kappa shape index (κ2) is 4.96. The first-order valence-corrected chi connectivity index (χ1v) is 5.82. The highest BCUT2D eigenvalue weighted by Gasteiger charge is 2.26. The van der Waals surface area contributed by atoms with E-state index >= 15 is 0 Å². The molecule has 0 amide bonds. The normalized spacial score (nSPS) is 13.4. The molecule has 96 valence electrons. The van der Waals surface area contributed by atoms with E-state index < -0.39 is 0 Å². The highest BCUT2D eigenvalue weighted by molar-refractivity contribution is 5.48. The van der Waals surface area contributed by atoms with Crippen molar-refractivity contribution in [3.8, 4) is 11.5 Å². The lowest BCUT2D eigenvalue weighted by Crippen LogP contribution is -2.38. The van der Waals surface area contributed by atoms with Gasteiger partial charge in [-0.25, -0.2) is 0 Å². The minimum absolute atomic E-state index is 0.187. The number of ether oxygens (including phenoxy) is 2. The molecule has 0 radical (unpaired) electrons. The van der Waals surface area contributed by atoms with Gasteiger partial charge in [-0.3, -0.25) is 0 Å². The molecule has 1 aromatic rings. The van der Waals surface area contributed by atoms with Crippen molar-refractivity contribution >= 4 is 0 Å². The van der Waals surface area contributed by atoms with Crippen LogP contribution in [-0.4, -0.2) is 19.8 Å². The number of hydrogen-bond donors (Lipinski definition) is 1. The molecule has 3 heteroatoms. The zero-order valence-electron chi connectivity index (χ0n) is 11.6. The van der Waals surface area contributed by atoms with E-state index in [0.717, 1.165) is 22.6 Å². The second-order valence-electron chi connectivity index (χ2n) is 5.11. The van der Waals surface area contributed by atoms with Crippen LogP contribution in [0.2, 0.25) is 0 Å². The average Bonchev–Trinajstić information content (AvgIpc) is 2.26. The van der Waals surface area contributed by atoms with Crippen molar-refractivity contribution in [1.82, 2.24) is 0 Å². The molecule has 1 unspecified atom stereocenters. The Morgan fingerprint density at radius 2 is 1.65 bits per heavy atom. The summed E-state index contributed by atoms with van der Waals surface area (Å²) in [6.45, 7) is 8.14. The summed E-state index contributed by atoms with van der Waals surface area (Å²) < 4.78 is 10.8. The monoisotopic (exact) mass is 237 g/mol. The number of hydrogen-bond acceptors (Lipinski definition) is 3. The van der Waals surface area contributed by atoms with Crippen LogP contribution in [0.3, 0.4) is 0 Å². The largest absolute Gasteiger partial charge is 0.496 e. The maximum atomic E-state index is 6.17. The molecule has 0 aliphatic carbocycles. The molecule has 0 aliphatic rings. The molecule has 3 nitrogen and oxygen atoms in total. The molecule has 0 heterocycles. The van der Waals surface area contributed by atoms with Crippen LogP contribution in [0, 0.1) is 6.92 Å². The minimum Gasteiger partial charge on any atom is -0.496 e. The predicted octanol–water partition coefficient (Wildman–Crippen LogP) is 2.85. The Morgan fingerprint density at radius 3 is 2.06 bits per heavy atom. The van der Waals surface area contributed by atoms with Gasteiger partial charge in [-0.15, -0.1) is 0 Å². The van der Waals surface area contributed by atoms with Crippen molar-refractivity contribution in [1.29, 1.82) is 0 Å². The number of benzene rings is 1.